The molecule has 2 aromatic heterocycles. The van der Waals surface area contributed by atoms with E-state index in [1.54, 1.807) is 12.3 Å². The predicted octanol–water partition coefficient (Wildman–Crippen LogP) is 3.90. The molecular weight excluding hydrogens is 269 g/mol. The highest BCUT2D eigenvalue weighted by Crippen LogP contribution is 2.28. The largest absolute Gasteiger partial charge is 0.289 e. The summed E-state index contributed by atoms with van der Waals surface area (Å²) in [7, 11) is 0. The van der Waals surface area contributed by atoms with Crippen LogP contribution in [0.5, 0.6) is 0 Å². The number of halogens is 3. The SMILES string of the molecule is F/C(=C\CSc1nc2ncccc2s1)C(F)F. The smallest absolute Gasteiger partial charge is 0.236 e. The summed E-state index contributed by atoms with van der Waals surface area (Å²) < 4.78 is 37.8. The van der Waals surface area contributed by atoms with Crippen LogP contribution in [-0.4, -0.2) is 22.1 Å². The molecule has 0 amide bonds. The molecule has 0 spiro atoms. The number of thioether (sulfide) groups is 1. The molecule has 0 fully saturated rings. The van der Waals surface area contributed by atoms with Gasteiger partial charge in [-0.15, -0.1) is 11.3 Å². The number of hydrogen-bond acceptors (Lipinski definition) is 4. The Morgan fingerprint density at radius 1 is 1.53 bits per heavy atom. The first kappa shape index (κ1) is 12.4. The summed E-state index contributed by atoms with van der Waals surface area (Å²) in [6, 6.07) is 3.67. The minimum atomic E-state index is -3.03. The molecular formula is C10H7F3N2S2. The van der Waals surface area contributed by atoms with Crippen molar-refractivity contribution in [2.75, 3.05) is 5.75 Å². The van der Waals surface area contributed by atoms with Crippen molar-refractivity contribution >= 4 is 33.4 Å². The molecule has 0 aromatic carbocycles. The lowest BCUT2D eigenvalue weighted by molar-refractivity contribution is 0.159. The molecule has 0 N–H and O–H groups in total. The fourth-order valence-corrected chi connectivity index (χ4v) is 2.99. The lowest BCUT2D eigenvalue weighted by Gasteiger charge is -1.93. The summed E-state index contributed by atoms with van der Waals surface area (Å²) in [6.07, 6.45) is -0.533. The highest BCUT2D eigenvalue weighted by molar-refractivity contribution is 8.01. The number of alkyl halides is 2. The van der Waals surface area contributed by atoms with Crippen molar-refractivity contribution in [2.45, 2.75) is 10.8 Å². The van der Waals surface area contributed by atoms with Gasteiger partial charge in [0.2, 0.25) is 0 Å². The van der Waals surface area contributed by atoms with Crippen LogP contribution in [0.1, 0.15) is 0 Å². The van der Waals surface area contributed by atoms with Crippen molar-refractivity contribution in [3.63, 3.8) is 0 Å². The van der Waals surface area contributed by atoms with Gasteiger partial charge in [-0.05, 0) is 18.2 Å². The van der Waals surface area contributed by atoms with Crippen LogP contribution in [0.2, 0.25) is 0 Å². The average molecular weight is 276 g/mol. The summed E-state index contributed by atoms with van der Waals surface area (Å²) in [5, 5.41) is 0. The Morgan fingerprint density at radius 3 is 3.06 bits per heavy atom. The Balaban J connectivity index is 2.02. The number of rotatable bonds is 4. The summed E-state index contributed by atoms with van der Waals surface area (Å²) in [4.78, 5) is 8.24. The van der Waals surface area contributed by atoms with Crippen molar-refractivity contribution in [1.29, 1.82) is 0 Å². The molecule has 0 aliphatic heterocycles. The van der Waals surface area contributed by atoms with Crippen LogP contribution in [0, 0.1) is 0 Å². The topological polar surface area (TPSA) is 25.8 Å². The third-order valence-corrected chi connectivity index (χ3v) is 3.92. The molecule has 0 aliphatic rings. The van der Waals surface area contributed by atoms with Crippen LogP contribution < -0.4 is 0 Å². The number of thiazole rings is 1. The number of pyridine rings is 1. The van der Waals surface area contributed by atoms with E-state index in [1.165, 1.54) is 23.1 Å². The molecule has 90 valence electrons. The molecule has 7 heteroatoms. The van der Waals surface area contributed by atoms with Crippen LogP contribution in [0.4, 0.5) is 13.2 Å². The zero-order valence-electron chi connectivity index (χ0n) is 8.44. The van der Waals surface area contributed by atoms with Gasteiger partial charge in [-0.2, -0.15) is 0 Å². The Labute approximate surface area is 104 Å². The van der Waals surface area contributed by atoms with Gasteiger partial charge in [-0.3, -0.25) is 0 Å². The number of aromatic nitrogens is 2. The monoisotopic (exact) mass is 276 g/mol. The second-order valence-electron chi connectivity index (χ2n) is 3.01. The van der Waals surface area contributed by atoms with Crippen LogP contribution in [0.15, 0.2) is 34.6 Å². The number of nitrogens with zero attached hydrogens (tertiary/aromatic N) is 2. The third kappa shape index (κ3) is 3.19. The van der Waals surface area contributed by atoms with E-state index in [0.29, 0.717) is 9.99 Å². The van der Waals surface area contributed by atoms with E-state index in [-0.39, 0.29) is 5.75 Å². The van der Waals surface area contributed by atoms with Crippen molar-refractivity contribution < 1.29 is 13.2 Å². The molecule has 0 saturated heterocycles. The van der Waals surface area contributed by atoms with Gasteiger partial charge >= 0.3 is 0 Å². The van der Waals surface area contributed by atoms with E-state index in [4.69, 9.17) is 0 Å². The predicted molar refractivity (Wildman–Crippen MR) is 63.3 cm³/mol. The lowest BCUT2D eigenvalue weighted by atomic mass is 10.5. The molecule has 0 unspecified atom stereocenters. The molecule has 2 aromatic rings. The Hall–Kier alpha value is -1.08. The summed E-state index contributed by atoms with van der Waals surface area (Å²) in [5.74, 6) is -1.26. The quantitative estimate of drug-likeness (QED) is 0.792. The van der Waals surface area contributed by atoms with E-state index in [0.717, 1.165) is 10.8 Å². The normalized spacial score (nSPS) is 12.6. The third-order valence-electron chi connectivity index (χ3n) is 1.84. The molecule has 2 heterocycles. The number of hydrogen-bond donors (Lipinski definition) is 0. The Bertz CT molecular complexity index is 506. The van der Waals surface area contributed by atoms with Gasteiger partial charge in [-0.1, -0.05) is 11.8 Å². The van der Waals surface area contributed by atoms with Gasteiger partial charge in [0.1, 0.15) is 0 Å². The van der Waals surface area contributed by atoms with E-state index in [2.05, 4.69) is 9.97 Å². The first-order chi connectivity index (χ1) is 8.16. The minimum absolute atomic E-state index is 0.135. The molecule has 2 nitrogen and oxygen atoms in total. The van der Waals surface area contributed by atoms with E-state index in [9.17, 15) is 13.2 Å². The first-order valence-electron chi connectivity index (χ1n) is 4.65. The van der Waals surface area contributed by atoms with Gasteiger partial charge in [-0.25, -0.2) is 23.1 Å². The highest BCUT2D eigenvalue weighted by Gasteiger charge is 2.09. The zero-order chi connectivity index (χ0) is 12.3. The highest BCUT2D eigenvalue weighted by atomic mass is 32.2. The van der Waals surface area contributed by atoms with Gasteiger partial charge in [0.05, 0.1) is 4.70 Å². The second-order valence-corrected chi connectivity index (χ2v) is 5.30. The minimum Gasteiger partial charge on any atom is -0.236 e. The summed E-state index contributed by atoms with van der Waals surface area (Å²) in [5.41, 5.74) is 0.623. The van der Waals surface area contributed by atoms with Crippen LogP contribution in [0.3, 0.4) is 0 Å². The van der Waals surface area contributed by atoms with Gasteiger partial charge in [0, 0.05) is 11.9 Å². The molecule has 0 atom stereocenters. The fraction of sp³-hybridized carbons (Fsp3) is 0.200. The van der Waals surface area contributed by atoms with E-state index in [1.807, 2.05) is 6.07 Å². The Morgan fingerprint density at radius 2 is 2.35 bits per heavy atom. The maximum Gasteiger partial charge on any atom is 0.289 e. The van der Waals surface area contributed by atoms with Gasteiger partial charge in [0.25, 0.3) is 6.43 Å². The maximum atomic E-state index is 12.5. The Kier molecular flexibility index (Phi) is 4.01. The number of allylic oxidation sites excluding steroid dienone is 1. The first-order valence-corrected chi connectivity index (χ1v) is 6.45. The average Bonchev–Trinajstić information content (AvgIpc) is 2.71. The van der Waals surface area contributed by atoms with Crippen molar-refractivity contribution in [1.82, 2.24) is 9.97 Å². The zero-order valence-corrected chi connectivity index (χ0v) is 10.1. The van der Waals surface area contributed by atoms with E-state index >= 15 is 0 Å². The second kappa shape index (κ2) is 5.50. The maximum absolute atomic E-state index is 12.5. The van der Waals surface area contributed by atoms with Crippen molar-refractivity contribution in [2.24, 2.45) is 0 Å². The summed E-state index contributed by atoms with van der Waals surface area (Å²) in [6.45, 7) is 0. The fourth-order valence-electron chi connectivity index (χ4n) is 1.09. The van der Waals surface area contributed by atoms with Crippen LogP contribution >= 0.6 is 23.1 Å². The molecule has 0 aliphatic carbocycles. The molecule has 2 rings (SSSR count). The van der Waals surface area contributed by atoms with Crippen molar-refractivity contribution in [3.05, 3.63) is 30.2 Å². The molecule has 0 radical (unpaired) electrons. The summed E-state index contributed by atoms with van der Waals surface area (Å²) >= 11 is 2.62. The van der Waals surface area contributed by atoms with E-state index < -0.39 is 12.3 Å². The lowest BCUT2D eigenvalue weighted by Crippen LogP contribution is -1.90. The van der Waals surface area contributed by atoms with Crippen LogP contribution in [-0.2, 0) is 0 Å². The molecule has 17 heavy (non-hydrogen) atoms. The molecule has 0 bridgehead atoms. The van der Waals surface area contributed by atoms with Crippen molar-refractivity contribution in [3.8, 4) is 0 Å². The van der Waals surface area contributed by atoms with Gasteiger partial charge < -0.3 is 0 Å². The number of fused-ring (bicyclic) bond motifs is 1. The van der Waals surface area contributed by atoms with Gasteiger partial charge in [0.15, 0.2) is 15.8 Å². The standard InChI is InChI=1S/C10H7F3N2S2/c11-6(8(12)13)3-5-16-10-15-9-7(17-10)2-1-4-14-9/h1-4,8H,5H2/b6-3-. The molecule has 0 saturated carbocycles. The van der Waals surface area contributed by atoms with Crippen LogP contribution in [0.25, 0.3) is 10.3 Å².